The van der Waals surface area contributed by atoms with Crippen LogP contribution in [0, 0.1) is 6.92 Å². The van der Waals surface area contributed by atoms with E-state index in [1.165, 1.54) is 6.07 Å². The number of benzene rings is 2. The van der Waals surface area contributed by atoms with E-state index in [-0.39, 0.29) is 6.61 Å². The minimum absolute atomic E-state index is 0.0453. The molecule has 122 valence electrons. The lowest BCUT2D eigenvalue weighted by atomic mass is 10.1. The summed E-state index contributed by atoms with van der Waals surface area (Å²) in [5.74, 6) is -0.470. The molecule has 0 aliphatic carbocycles. The molecule has 0 N–H and O–H groups in total. The summed E-state index contributed by atoms with van der Waals surface area (Å²) in [6, 6.07) is 11.5. The topological polar surface area (TPSA) is 56.5 Å². The second-order valence-electron chi connectivity index (χ2n) is 5.27. The van der Waals surface area contributed by atoms with Crippen LogP contribution < -0.4 is 5.63 Å². The van der Waals surface area contributed by atoms with E-state index in [0.29, 0.717) is 27.1 Å². The number of hydrogen-bond donors (Lipinski definition) is 0. The average molecular weight is 408 g/mol. The van der Waals surface area contributed by atoms with Crippen LogP contribution in [0.1, 0.15) is 21.5 Å². The van der Waals surface area contributed by atoms with Crippen molar-refractivity contribution in [2.45, 2.75) is 13.5 Å². The Morgan fingerprint density at radius 3 is 2.62 bits per heavy atom. The lowest BCUT2D eigenvalue weighted by Crippen LogP contribution is -2.08. The number of halogens is 2. The fourth-order valence-corrected chi connectivity index (χ4v) is 2.71. The first-order chi connectivity index (χ1) is 11.4. The van der Waals surface area contributed by atoms with Crippen LogP contribution in [-0.2, 0) is 11.3 Å². The number of rotatable bonds is 3. The van der Waals surface area contributed by atoms with Gasteiger partial charge < -0.3 is 9.15 Å². The highest BCUT2D eigenvalue weighted by Gasteiger charge is 2.12. The van der Waals surface area contributed by atoms with Gasteiger partial charge in [0.2, 0.25) is 0 Å². The van der Waals surface area contributed by atoms with Crippen LogP contribution in [-0.4, -0.2) is 5.97 Å². The SMILES string of the molecule is Cc1cc2oc(=O)cc(COC(=O)c3ccc(Br)cc3)c2cc1Cl. The van der Waals surface area contributed by atoms with Crippen molar-refractivity contribution < 1.29 is 13.9 Å². The molecule has 0 spiro atoms. The van der Waals surface area contributed by atoms with E-state index in [2.05, 4.69) is 15.9 Å². The van der Waals surface area contributed by atoms with Gasteiger partial charge in [-0.3, -0.25) is 0 Å². The summed E-state index contributed by atoms with van der Waals surface area (Å²) in [6.45, 7) is 1.78. The maximum Gasteiger partial charge on any atom is 0.338 e. The number of carbonyl (C=O) groups excluding carboxylic acids is 1. The molecule has 0 saturated carbocycles. The first kappa shape index (κ1) is 16.7. The number of ether oxygens (including phenoxy) is 1. The Morgan fingerprint density at radius 1 is 1.21 bits per heavy atom. The molecule has 0 atom stereocenters. The first-order valence-corrected chi connectivity index (χ1v) is 8.27. The largest absolute Gasteiger partial charge is 0.457 e. The zero-order chi connectivity index (χ0) is 17.3. The third-order valence-electron chi connectivity index (χ3n) is 3.55. The third kappa shape index (κ3) is 3.52. The van der Waals surface area contributed by atoms with Crippen LogP contribution in [0.5, 0.6) is 0 Å². The lowest BCUT2D eigenvalue weighted by Gasteiger charge is -2.08. The second kappa shape index (κ2) is 6.79. The van der Waals surface area contributed by atoms with Crippen LogP contribution in [0.2, 0.25) is 5.02 Å². The van der Waals surface area contributed by atoms with Gasteiger partial charge >= 0.3 is 11.6 Å². The fourth-order valence-electron chi connectivity index (χ4n) is 2.28. The number of hydrogen-bond acceptors (Lipinski definition) is 4. The van der Waals surface area contributed by atoms with Gasteiger partial charge in [0.15, 0.2) is 0 Å². The standard InChI is InChI=1S/C18H12BrClO4/c1-10-6-16-14(8-15(10)20)12(7-17(21)24-16)9-23-18(22)11-2-4-13(19)5-3-11/h2-8H,9H2,1H3. The molecular formula is C18H12BrClO4. The van der Waals surface area contributed by atoms with E-state index in [0.717, 1.165) is 10.0 Å². The Labute approximate surface area is 151 Å². The molecule has 2 aromatic carbocycles. The third-order valence-corrected chi connectivity index (χ3v) is 4.48. The van der Waals surface area contributed by atoms with Crippen LogP contribution in [0.3, 0.4) is 0 Å². The molecule has 0 unspecified atom stereocenters. The van der Waals surface area contributed by atoms with Crippen molar-refractivity contribution in [3.05, 3.63) is 79.1 Å². The predicted octanol–water partition coefficient (Wildman–Crippen LogP) is 4.87. The molecule has 0 bridgehead atoms. The van der Waals surface area contributed by atoms with Gasteiger partial charge in [-0.05, 0) is 48.9 Å². The molecule has 6 heteroatoms. The van der Waals surface area contributed by atoms with Gasteiger partial charge in [0, 0.05) is 26.5 Å². The summed E-state index contributed by atoms with van der Waals surface area (Å²) in [4.78, 5) is 23.8. The first-order valence-electron chi connectivity index (χ1n) is 7.09. The lowest BCUT2D eigenvalue weighted by molar-refractivity contribution is 0.0474. The summed E-state index contributed by atoms with van der Waals surface area (Å²) >= 11 is 9.45. The Hall–Kier alpha value is -2.11. The number of aryl methyl sites for hydroxylation is 1. The summed E-state index contributed by atoms with van der Waals surface area (Å²) in [6.07, 6.45) is 0. The molecule has 0 aliphatic rings. The van der Waals surface area contributed by atoms with E-state index in [9.17, 15) is 9.59 Å². The Kier molecular flexibility index (Phi) is 4.73. The van der Waals surface area contributed by atoms with Crippen LogP contribution in [0.25, 0.3) is 11.0 Å². The van der Waals surface area contributed by atoms with Crippen molar-refractivity contribution in [3.8, 4) is 0 Å². The van der Waals surface area contributed by atoms with E-state index in [4.69, 9.17) is 20.8 Å². The molecule has 3 aromatic rings. The Bertz CT molecular complexity index is 977. The maximum atomic E-state index is 12.1. The van der Waals surface area contributed by atoms with E-state index >= 15 is 0 Å². The molecular weight excluding hydrogens is 396 g/mol. The molecule has 0 aliphatic heterocycles. The summed E-state index contributed by atoms with van der Waals surface area (Å²) < 4.78 is 11.4. The minimum Gasteiger partial charge on any atom is -0.457 e. The quantitative estimate of drug-likeness (QED) is 0.459. The van der Waals surface area contributed by atoms with Gasteiger partial charge in [-0.15, -0.1) is 0 Å². The minimum atomic E-state index is -0.501. The summed E-state index contributed by atoms with van der Waals surface area (Å²) in [5.41, 5.74) is 1.70. The van der Waals surface area contributed by atoms with Crippen LogP contribution in [0.15, 0.2) is 56.1 Å². The van der Waals surface area contributed by atoms with E-state index in [1.54, 1.807) is 36.4 Å². The van der Waals surface area contributed by atoms with Crippen molar-refractivity contribution in [2.75, 3.05) is 0 Å². The molecule has 3 rings (SSSR count). The smallest absolute Gasteiger partial charge is 0.338 e. The van der Waals surface area contributed by atoms with Gasteiger partial charge in [0.05, 0.1) is 5.56 Å². The van der Waals surface area contributed by atoms with Crippen molar-refractivity contribution in [2.24, 2.45) is 0 Å². The van der Waals surface area contributed by atoms with Crippen molar-refractivity contribution in [3.63, 3.8) is 0 Å². The Balaban J connectivity index is 1.89. The van der Waals surface area contributed by atoms with Gasteiger partial charge in [-0.2, -0.15) is 0 Å². The molecule has 1 heterocycles. The van der Waals surface area contributed by atoms with E-state index in [1.807, 2.05) is 6.92 Å². The zero-order valence-electron chi connectivity index (χ0n) is 12.6. The number of carbonyl (C=O) groups is 1. The normalized spacial score (nSPS) is 10.8. The molecule has 0 fully saturated rings. The van der Waals surface area contributed by atoms with Crippen LogP contribution in [0.4, 0.5) is 0 Å². The van der Waals surface area contributed by atoms with E-state index < -0.39 is 11.6 Å². The van der Waals surface area contributed by atoms with Gasteiger partial charge in [0.1, 0.15) is 12.2 Å². The molecule has 4 nitrogen and oxygen atoms in total. The second-order valence-corrected chi connectivity index (χ2v) is 6.59. The maximum absolute atomic E-state index is 12.1. The predicted molar refractivity (Wildman–Crippen MR) is 95.5 cm³/mol. The molecule has 0 radical (unpaired) electrons. The van der Waals surface area contributed by atoms with Gasteiger partial charge in [0.25, 0.3) is 0 Å². The summed E-state index contributed by atoms with van der Waals surface area (Å²) in [5, 5.41) is 1.20. The monoisotopic (exact) mass is 406 g/mol. The highest BCUT2D eigenvalue weighted by molar-refractivity contribution is 9.10. The molecule has 0 saturated heterocycles. The molecule has 1 aromatic heterocycles. The van der Waals surface area contributed by atoms with Gasteiger partial charge in [-0.25, -0.2) is 9.59 Å². The van der Waals surface area contributed by atoms with Crippen molar-refractivity contribution in [1.29, 1.82) is 0 Å². The number of esters is 1. The van der Waals surface area contributed by atoms with Crippen LogP contribution >= 0.6 is 27.5 Å². The van der Waals surface area contributed by atoms with Gasteiger partial charge in [-0.1, -0.05) is 27.5 Å². The number of fused-ring (bicyclic) bond motifs is 1. The van der Waals surface area contributed by atoms with Crippen molar-refractivity contribution in [1.82, 2.24) is 0 Å². The molecule has 0 amide bonds. The highest BCUT2D eigenvalue weighted by Crippen LogP contribution is 2.25. The zero-order valence-corrected chi connectivity index (χ0v) is 15.0. The summed E-state index contributed by atoms with van der Waals surface area (Å²) in [7, 11) is 0. The highest BCUT2D eigenvalue weighted by atomic mass is 79.9. The molecule has 24 heavy (non-hydrogen) atoms. The Morgan fingerprint density at radius 2 is 1.92 bits per heavy atom. The van der Waals surface area contributed by atoms with Crippen molar-refractivity contribution >= 4 is 44.5 Å². The fraction of sp³-hybridized carbons (Fsp3) is 0.111. The average Bonchev–Trinajstić information content (AvgIpc) is 2.54.